The van der Waals surface area contributed by atoms with Crippen molar-refractivity contribution < 1.29 is 19.2 Å². The van der Waals surface area contributed by atoms with Crippen LogP contribution in [0.15, 0.2) is 72.4 Å². The Morgan fingerprint density at radius 2 is 1.76 bits per heavy atom. The molecule has 1 aliphatic heterocycles. The second-order valence-electron chi connectivity index (χ2n) is 6.72. The number of carbonyl (C=O) groups excluding carboxylic acids is 2. The van der Waals surface area contributed by atoms with Gasteiger partial charge >= 0.3 is 0 Å². The molecule has 11 heteroatoms. The molecule has 0 bridgehead atoms. The molecular weight excluding hydrogens is 468 g/mol. The molecule has 9 nitrogen and oxygen atoms in total. The SMILES string of the molecule is O=C1NC(=S)N(c2ccc(Cl)cc2)C(=O)C1=Cc1ccc(Oc2ccc([N+](=O)[O-])cn2)cc1. The van der Waals surface area contributed by atoms with Crippen LogP contribution in [0.25, 0.3) is 6.08 Å². The van der Waals surface area contributed by atoms with Crippen molar-refractivity contribution in [3.05, 3.63) is 93.1 Å². The Hall–Kier alpha value is -4.15. The predicted octanol–water partition coefficient (Wildman–Crippen LogP) is 4.27. The van der Waals surface area contributed by atoms with Crippen molar-refractivity contribution in [1.29, 1.82) is 0 Å². The van der Waals surface area contributed by atoms with Gasteiger partial charge in [-0.3, -0.25) is 29.9 Å². The summed E-state index contributed by atoms with van der Waals surface area (Å²) in [6.07, 6.45) is 2.54. The van der Waals surface area contributed by atoms with Gasteiger partial charge in [0.2, 0.25) is 5.88 Å². The molecule has 0 radical (unpaired) electrons. The third-order valence-corrected chi connectivity index (χ3v) is 5.07. The number of aromatic nitrogens is 1. The van der Waals surface area contributed by atoms with E-state index in [1.165, 1.54) is 23.1 Å². The molecule has 0 unspecified atom stereocenters. The topological polar surface area (TPSA) is 115 Å². The highest BCUT2D eigenvalue weighted by atomic mass is 35.5. The van der Waals surface area contributed by atoms with Crippen LogP contribution in [-0.4, -0.2) is 26.8 Å². The summed E-state index contributed by atoms with van der Waals surface area (Å²) in [6, 6.07) is 15.7. The summed E-state index contributed by atoms with van der Waals surface area (Å²) >= 11 is 11.1. The minimum Gasteiger partial charge on any atom is -0.439 e. The van der Waals surface area contributed by atoms with Gasteiger partial charge in [-0.1, -0.05) is 23.7 Å². The smallest absolute Gasteiger partial charge is 0.287 e. The monoisotopic (exact) mass is 480 g/mol. The summed E-state index contributed by atoms with van der Waals surface area (Å²) in [5.74, 6) is -0.574. The summed E-state index contributed by atoms with van der Waals surface area (Å²) in [5, 5.41) is 13.7. The quantitative estimate of drug-likeness (QED) is 0.191. The second kappa shape index (κ2) is 9.15. The standard InChI is InChI=1S/C22H13ClN4O5S/c23-14-3-5-15(6-4-14)26-21(29)18(20(28)25-22(26)33)11-13-1-8-17(9-2-13)32-19-10-7-16(12-24-19)27(30)31/h1-12H,(H,25,28,33). The molecule has 0 aliphatic carbocycles. The zero-order valence-electron chi connectivity index (χ0n) is 16.6. The summed E-state index contributed by atoms with van der Waals surface area (Å²) in [6.45, 7) is 0. The molecule has 0 saturated carbocycles. The van der Waals surface area contributed by atoms with Crippen molar-refractivity contribution in [2.24, 2.45) is 0 Å². The van der Waals surface area contributed by atoms with Gasteiger partial charge in [-0.25, -0.2) is 4.98 Å². The Labute approximate surface area is 197 Å². The lowest BCUT2D eigenvalue weighted by atomic mass is 10.1. The molecule has 164 valence electrons. The molecule has 1 fully saturated rings. The van der Waals surface area contributed by atoms with Crippen LogP contribution in [0.3, 0.4) is 0 Å². The summed E-state index contributed by atoms with van der Waals surface area (Å²) in [4.78, 5) is 40.7. The Balaban J connectivity index is 1.54. The first-order valence-electron chi connectivity index (χ1n) is 9.37. The van der Waals surface area contributed by atoms with Gasteiger partial charge in [0.05, 0.1) is 10.6 Å². The summed E-state index contributed by atoms with van der Waals surface area (Å²) in [7, 11) is 0. The zero-order chi connectivity index (χ0) is 23.5. The maximum atomic E-state index is 13.0. The molecule has 2 aromatic carbocycles. The molecule has 0 atom stereocenters. The van der Waals surface area contributed by atoms with Crippen molar-refractivity contribution in [3.8, 4) is 11.6 Å². The van der Waals surface area contributed by atoms with E-state index in [0.29, 0.717) is 22.0 Å². The van der Waals surface area contributed by atoms with Crippen molar-refractivity contribution >= 4 is 58.2 Å². The second-order valence-corrected chi connectivity index (χ2v) is 7.54. The highest BCUT2D eigenvalue weighted by molar-refractivity contribution is 7.80. The number of carbonyl (C=O) groups is 2. The molecule has 0 spiro atoms. The zero-order valence-corrected chi connectivity index (χ0v) is 18.2. The number of halogens is 1. The molecule has 1 aliphatic rings. The first kappa shape index (κ1) is 22.1. The molecule has 1 aromatic heterocycles. The van der Waals surface area contributed by atoms with Crippen molar-refractivity contribution in [1.82, 2.24) is 10.3 Å². The van der Waals surface area contributed by atoms with E-state index in [0.717, 1.165) is 6.20 Å². The number of hydrogen-bond acceptors (Lipinski definition) is 7. The van der Waals surface area contributed by atoms with E-state index < -0.39 is 16.7 Å². The van der Waals surface area contributed by atoms with Crippen LogP contribution in [0.5, 0.6) is 11.6 Å². The first-order valence-corrected chi connectivity index (χ1v) is 10.2. The van der Waals surface area contributed by atoms with Crippen molar-refractivity contribution in [3.63, 3.8) is 0 Å². The normalized spacial score (nSPS) is 14.9. The van der Waals surface area contributed by atoms with Crippen LogP contribution in [0, 0.1) is 10.1 Å². The number of amides is 2. The van der Waals surface area contributed by atoms with E-state index in [-0.39, 0.29) is 22.3 Å². The Morgan fingerprint density at radius 3 is 2.36 bits per heavy atom. The van der Waals surface area contributed by atoms with E-state index in [1.807, 2.05) is 0 Å². The Morgan fingerprint density at radius 1 is 1.06 bits per heavy atom. The number of thiocarbonyl (C=S) groups is 1. The minimum absolute atomic E-state index is 0.0242. The third kappa shape index (κ3) is 4.86. The van der Waals surface area contributed by atoms with Gasteiger partial charge in [-0.05, 0) is 60.3 Å². The lowest BCUT2D eigenvalue weighted by Gasteiger charge is -2.28. The van der Waals surface area contributed by atoms with Gasteiger partial charge in [0.1, 0.15) is 17.5 Å². The molecule has 3 aromatic rings. The number of hydrogen-bond donors (Lipinski definition) is 1. The van der Waals surface area contributed by atoms with E-state index in [2.05, 4.69) is 10.3 Å². The minimum atomic E-state index is -0.606. The highest BCUT2D eigenvalue weighted by Crippen LogP contribution is 2.25. The van der Waals surface area contributed by atoms with E-state index >= 15 is 0 Å². The summed E-state index contributed by atoms with van der Waals surface area (Å²) < 4.78 is 5.56. The fourth-order valence-electron chi connectivity index (χ4n) is 2.94. The van der Waals surface area contributed by atoms with Gasteiger partial charge in [-0.15, -0.1) is 0 Å². The Bertz CT molecular complexity index is 1290. The van der Waals surface area contributed by atoms with Gasteiger partial charge in [0.25, 0.3) is 17.5 Å². The van der Waals surface area contributed by atoms with Gasteiger partial charge in [0, 0.05) is 17.2 Å². The van der Waals surface area contributed by atoms with Crippen LogP contribution in [0.2, 0.25) is 5.02 Å². The third-order valence-electron chi connectivity index (χ3n) is 4.53. The maximum absolute atomic E-state index is 13.0. The van der Waals surface area contributed by atoms with Crippen LogP contribution < -0.4 is 15.0 Å². The molecule has 4 rings (SSSR count). The Kier molecular flexibility index (Phi) is 6.11. The van der Waals surface area contributed by atoms with Crippen molar-refractivity contribution in [2.45, 2.75) is 0 Å². The maximum Gasteiger partial charge on any atom is 0.287 e. The average molecular weight is 481 g/mol. The predicted molar refractivity (Wildman–Crippen MR) is 125 cm³/mol. The fraction of sp³-hybridized carbons (Fsp3) is 0. The first-order chi connectivity index (χ1) is 15.8. The summed E-state index contributed by atoms with van der Waals surface area (Å²) in [5.41, 5.74) is 0.803. The number of rotatable bonds is 5. The van der Waals surface area contributed by atoms with E-state index in [1.54, 1.807) is 48.5 Å². The number of nitrogens with zero attached hydrogens (tertiary/aromatic N) is 3. The molecular formula is C22H13ClN4O5S. The number of pyridine rings is 1. The number of anilines is 1. The molecule has 33 heavy (non-hydrogen) atoms. The van der Waals surface area contributed by atoms with Crippen molar-refractivity contribution in [2.75, 3.05) is 4.90 Å². The van der Waals surface area contributed by atoms with E-state index in [4.69, 9.17) is 28.6 Å². The van der Waals surface area contributed by atoms with Gasteiger partial charge in [0.15, 0.2) is 5.11 Å². The van der Waals surface area contributed by atoms with E-state index in [9.17, 15) is 19.7 Å². The largest absolute Gasteiger partial charge is 0.439 e. The molecule has 1 N–H and O–H groups in total. The van der Waals surface area contributed by atoms with Gasteiger partial charge in [-0.2, -0.15) is 0 Å². The fourth-order valence-corrected chi connectivity index (χ4v) is 3.35. The lowest BCUT2D eigenvalue weighted by molar-refractivity contribution is -0.385. The lowest BCUT2D eigenvalue weighted by Crippen LogP contribution is -2.54. The van der Waals surface area contributed by atoms with Gasteiger partial charge < -0.3 is 4.74 Å². The number of benzene rings is 2. The molecule has 1 saturated heterocycles. The van der Waals surface area contributed by atoms with Crippen LogP contribution in [0.1, 0.15) is 5.56 Å². The number of ether oxygens (including phenoxy) is 1. The van der Waals surface area contributed by atoms with Crippen LogP contribution in [-0.2, 0) is 9.59 Å². The van der Waals surface area contributed by atoms with Crippen LogP contribution in [0.4, 0.5) is 11.4 Å². The molecule has 2 heterocycles. The average Bonchev–Trinajstić information content (AvgIpc) is 2.79. The number of nitrogens with one attached hydrogen (secondary N) is 1. The number of nitro groups is 1. The van der Waals surface area contributed by atoms with Crippen LogP contribution >= 0.6 is 23.8 Å². The molecule has 2 amide bonds. The highest BCUT2D eigenvalue weighted by Gasteiger charge is 2.34.